The van der Waals surface area contributed by atoms with Crippen molar-refractivity contribution in [2.24, 2.45) is 17.2 Å². The van der Waals surface area contributed by atoms with Crippen molar-refractivity contribution in [1.82, 2.24) is 9.80 Å². The van der Waals surface area contributed by atoms with Gasteiger partial charge in [0.1, 0.15) is 12.6 Å². The van der Waals surface area contributed by atoms with Gasteiger partial charge in [-0.3, -0.25) is 24.0 Å². The molecule has 0 radical (unpaired) electrons. The normalized spacial score (nSPS) is 21.4. The summed E-state index contributed by atoms with van der Waals surface area (Å²) in [6, 6.07) is 4.99. The zero-order chi connectivity index (χ0) is 22.6. The second-order valence-electron chi connectivity index (χ2n) is 7.11. The van der Waals surface area contributed by atoms with E-state index in [0.717, 1.165) is 22.3 Å². The Bertz CT molecular complexity index is 871. The lowest BCUT2D eigenvalue weighted by Crippen LogP contribution is -2.76. The fraction of sp³-hybridized carbons (Fsp3) is 0.421. The lowest BCUT2D eigenvalue weighted by molar-refractivity contribution is -0.163. The van der Waals surface area contributed by atoms with Crippen LogP contribution >= 0.6 is 0 Å². The molecule has 0 saturated carbocycles. The van der Waals surface area contributed by atoms with Crippen LogP contribution in [0.3, 0.4) is 0 Å². The van der Waals surface area contributed by atoms with Crippen LogP contribution in [0.2, 0.25) is 0 Å². The molecule has 7 N–H and O–H groups in total. The Morgan fingerprint density at radius 2 is 1.77 bits per heavy atom. The van der Waals surface area contributed by atoms with E-state index in [4.69, 9.17) is 22.3 Å². The van der Waals surface area contributed by atoms with Crippen molar-refractivity contribution in [3.8, 4) is 0 Å². The number of aliphatic carboxylic acids is 1. The molecule has 1 heterocycles. The maximum Gasteiger partial charge on any atom is 0.323 e. The fourth-order valence-electron chi connectivity index (χ4n) is 3.47. The Hall–Kier alpha value is -3.31. The highest BCUT2D eigenvalue weighted by molar-refractivity contribution is 6.15. The molecule has 1 saturated heterocycles. The fourth-order valence-corrected chi connectivity index (χ4v) is 3.47. The summed E-state index contributed by atoms with van der Waals surface area (Å²) in [5.41, 5.74) is 15.2. The Kier molecular flexibility index (Phi) is 6.90. The zero-order valence-corrected chi connectivity index (χ0v) is 16.5. The molecule has 11 heteroatoms. The minimum Gasteiger partial charge on any atom is -0.480 e. The van der Waals surface area contributed by atoms with E-state index in [1.165, 1.54) is 12.1 Å². The number of Topliss-reactive ketones (excluding diaryl/α,β-unsaturated/α-hetero) is 1. The molecule has 1 aromatic carbocycles. The first kappa shape index (κ1) is 23.0. The highest BCUT2D eigenvalue weighted by Crippen LogP contribution is 2.29. The molecule has 3 amide bonds. The van der Waals surface area contributed by atoms with Gasteiger partial charge in [-0.15, -0.1) is 0 Å². The van der Waals surface area contributed by atoms with Crippen LogP contribution in [0, 0.1) is 0 Å². The number of carboxylic acid groups (broad SMARTS) is 1. The summed E-state index contributed by atoms with van der Waals surface area (Å²) in [6.07, 6.45) is 0.591. The van der Waals surface area contributed by atoms with Crippen LogP contribution in [-0.2, 0) is 25.6 Å². The SMILES string of the molecule is C[C@]1(C(N)=O)C(=O)N(CC(=O)O)CC(C(=O)CN)N1C(=O)c1ccc(CCN)cc1. The van der Waals surface area contributed by atoms with Crippen LogP contribution in [0.1, 0.15) is 22.8 Å². The number of rotatable bonds is 8. The number of carbonyl (C=O) groups is 5. The van der Waals surface area contributed by atoms with Gasteiger partial charge in [-0.25, -0.2) is 0 Å². The minimum atomic E-state index is -2.27. The van der Waals surface area contributed by atoms with E-state index in [9.17, 15) is 24.0 Å². The third kappa shape index (κ3) is 4.16. The molecule has 2 atom stereocenters. The molecule has 11 nitrogen and oxygen atoms in total. The van der Waals surface area contributed by atoms with E-state index in [1.54, 1.807) is 12.1 Å². The summed E-state index contributed by atoms with van der Waals surface area (Å²) in [6.45, 7) is -0.135. The number of hydrogen-bond donors (Lipinski definition) is 4. The van der Waals surface area contributed by atoms with Crippen molar-refractivity contribution in [3.63, 3.8) is 0 Å². The number of carboxylic acids is 1. The summed E-state index contributed by atoms with van der Waals surface area (Å²) >= 11 is 0. The van der Waals surface area contributed by atoms with Crippen LogP contribution in [-0.4, -0.2) is 82.1 Å². The van der Waals surface area contributed by atoms with E-state index < -0.39 is 60.7 Å². The minimum absolute atomic E-state index is 0.123. The van der Waals surface area contributed by atoms with Gasteiger partial charge in [0, 0.05) is 12.1 Å². The number of nitrogens with two attached hydrogens (primary N) is 3. The molecule has 2 rings (SSSR count). The van der Waals surface area contributed by atoms with Crippen molar-refractivity contribution in [2.75, 3.05) is 26.2 Å². The predicted octanol–water partition coefficient (Wildman–Crippen LogP) is -2.30. The number of benzene rings is 1. The lowest BCUT2D eigenvalue weighted by Gasteiger charge is -2.49. The smallest absolute Gasteiger partial charge is 0.323 e. The molecule has 1 fully saturated rings. The van der Waals surface area contributed by atoms with Crippen LogP contribution < -0.4 is 17.2 Å². The van der Waals surface area contributed by atoms with E-state index in [-0.39, 0.29) is 5.56 Å². The predicted molar refractivity (Wildman–Crippen MR) is 105 cm³/mol. The maximum atomic E-state index is 13.3. The van der Waals surface area contributed by atoms with Gasteiger partial charge in [0.25, 0.3) is 17.7 Å². The second kappa shape index (κ2) is 9.01. The number of piperazine rings is 1. The van der Waals surface area contributed by atoms with Crippen LogP contribution in [0.5, 0.6) is 0 Å². The molecule has 1 aromatic rings. The van der Waals surface area contributed by atoms with Crippen molar-refractivity contribution in [2.45, 2.75) is 24.9 Å². The lowest BCUT2D eigenvalue weighted by atomic mass is 9.88. The standard InChI is InChI=1S/C19H25N5O6/c1-19(17(22)29)18(30)23(10-15(26)27)9-13(14(25)8-21)24(19)16(28)12-4-2-11(3-5-12)6-7-20/h2-5,13H,6-10,20-21H2,1H3,(H2,22,29)(H,26,27)/t13?,19-/m0/s1. The van der Waals surface area contributed by atoms with Crippen molar-refractivity contribution in [3.05, 3.63) is 35.4 Å². The van der Waals surface area contributed by atoms with Gasteiger partial charge in [0.15, 0.2) is 11.3 Å². The number of amides is 3. The molecule has 0 spiro atoms. The molecule has 0 bridgehead atoms. The summed E-state index contributed by atoms with van der Waals surface area (Å²) in [5, 5.41) is 9.09. The van der Waals surface area contributed by atoms with Crippen LogP contribution in [0.4, 0.5) is 0 Å². The summed E-state index contributed by atoms with van der Waals surface area (Å²) in [4.78, 5) is 63.9. The molecule has 1 unspecified atom stereocenters. The largest absolute Gasteiger partial charge is 0.480 e. The molecular weight excluding hydrogens is 394 g/mol. The van der Waals surface area contributed by atoms with Gasteiger partial charge >= 0.3 is 5.97 Å². The van der Waals surface area contributed by atoms with Gasteiger partial charge in [0.05, 0.1) is 6.54 Å². The number of ketones is 1. The van der Waals surface area contributed by atoms with Crippen molar-refractivity contribution < 1.29 is 29.1 Å². The Labute approximate surface area is 172 Å². The number of primary amides is 1. The number of carbonyl (C=O) groups excluding carboxylic acids is 4. The average Bonchev–Trinajstić information content (AvgIpc) is 2.70. The quantitative estimate of drug-likeness (QED) is 0.338. The topological polar surface area (TPSA) is 190 Å². The van der Waals surface area contributed by atoms with Gasteiger partial charge in [-0.1, -0.05) is 12.1 Å². The average molecular weight is 419 g/mol. The first-order chi connectivity index (χ1) is 14.1. The highest BCUT2D eigenvalue weighted by Gasteiger charge is 2.57. The van der Waals surface area contributed by atoms with Gasteiger partial charge in [0.2, 0.25) is 0 Å². The number of nitrogens with zero attached hydrogens (tertiary/aromatic N) is 2. The molecule has 30 heavy (non-hydrogen) atoms. The Balaban J connectivity index is 2.56. The maximum absolute atomic E-state index is 13.3. The molecule has 1 aliphatic rings. The molecule has 0 aliphatic carbocycles. The van der Waals surface area contributed by atoms with Gasteiger partial charge in [-0.2, -0.15) is 0 Å². The van der Waals surface area contributed by atoms with Crippen LogP contribution in [0.25, 0.3) is 0 Å². The molecule has 1 aliphatic heterocycles. The highest BCUT2D eigenvalue weighted by atomic mass is 16.4. The van der Waals surface area contributed by atoms with Crippen molar-refractivity contribution in [1.29, 1.82) is 0 Å². The van der Waals surface area contributed by atoms with E-state index in [0.29, 0.717) is 13.0 Å². The monoisotopic (exact) mass is 419 g/mol. The number of hydrogen-bond acceptors (Lipinski definition) is 7. The molecular formula is C19H25N5O6. The summed E-state index contributed by atoms with van der Waals surface area (Å²) in [5.74, 6) is -4.93. The van der Waals surface area contributed by atoms with Crippen molar-refractivity contribution >= 4 is 29.5 Å². The molecule has 0 aromatic heterocycles. The molecule has 162 valence electrons. The van der Waals surface area contributed by atoms with Gasteiger partial charge in [-0.05, 0) is 37.6 Å². The third-order valence-corrected chi connectivity index (χ3v) is 5.12. The van der Waals surface area contributed by atoms with E-state index >= 15 is 0 Å². The second-order valence-corrected chi connectivity index (χ2v) is 7.11. The summed E-state index contributed by atoms with van der Waals surface area (Å²) < 4.78 is 0. The third-order valence-electron chi connectivity index (χ3n) is 5.12. The van der Waals surface area contributed by atoms with E-state index in [2.05, 4.69) is 0 Å². The summed E-state index contributed by atoms with van der Waals surface area (Å²) in [7, 11) is 0. The first-order valence-corrected chi connectivity index (χ1v) is 9.24. The van der Waals surface area contributed by atoms with E-state index in [1.807, 2.05) is 0 Å². The van der Waals surface area contributed by atoms with Crippen LogP contribution in [0.15, 0.2) is 24.3 Å². The zero-order valence-electron chi connectivity index (χ0n) is 16.5. The Morgan fingerprint density at radius 1 is 1.17 bits per heavy atom. The first-order valence-electron chi connectivity index (χ1n) is 9.24. The van der Waals surface area contributed by atoms with Gasteiger partial charge < -0.3 is 32.1 Å². The Morgan fingerprint density at radius 3 is 2.23 bits per heavy atom.